The average Bonchev–Trinajstić information content (AvgIpc) is 2.98. The molecule has 0 aliphatic heterocycles. The minimum Gasteiger partial charge on any atom is -0.325 e. The Morgan fingerprint density at radius 3 is 2.58 bits per heavy atom. The molecular weight excluding hydrogens is 346 g/mol. The zero-order valence-electron chi connectivity index (χ0n) is 14.2. The monoisotopic (exact) mass is 363 g/mol. The highest BCUT2D eigenvalue weighted by molar-refractivity contribution is 7.71. The summed E-state index contributed by atoms with van der Waals surface area (Å²) in [7, 11) is 0. The van der Waals surface area contributed by atoms with E-state index in [1.165, 1.54) is 0 Å². The summed E-state index contributed by atoms with van der Waals surface area (Å²) in [6.07, 6.45) is 0.346. The Morgan fingerprint density at radius 1 is 1.23 bits per heavy atom. The lowest BCUT2D eigenvalue weighted by molar-refractivity contribution is -0.116. The summed E-state index contributed by atoms with van der Waals surface area (Å²) in [5.41, 5.74) is 3.61. The van der Waals surface area contributed by atoms with E-state index in [1.807, 2.05) is 43.3 Å². The van der Waals surface area contributed by atoms with Crippen LogP contribution in [0.2, 0.25) is 0 Å². The van der Waals surface area contributed by atoms with E-state index in [0.29, 0.717) is 22.7 Å². The second kappa shape index (κ2) is 7.76. The van der Waals surface area contributed by atoms with Gasteiger partial charge in [-0.2, -0.15) is 10.4 Å². The van der Waals surface area contributed by atoms with Gasteiger partial charge in [0.1, 0.15) is 6.54 Å². The summed E-state index contributed by atoms with van der Waals surface area (Å²) in [4.78, 5) is 12.4. The molecule has 0 saturated heterocycles. The van der Waals surface area contributed by atoms with Gasteiger partial charge in [0, 0.05) is 11.3 Å². The molecule has 0 unspecified atom stereocenters. The maximum absolute atomic E-state index is 12.4. The standard InChI is InChI=1S/C19H17N5OS/c1-13-2-6-15(7-3-13)18-22-23-19(26)24(18)12-17(25)21-16-8-4-14(5-9-16)10-11-20/h2-9H,10,12H2,1H3,(H,21,25)(H,23,26). The molecule has 6 nitrogen and oxygen atoms in total. The fraction of sp³-hybridized carbons (Fsp3) is 0.158. The molecule has 3 rings (SSSR count). The number of anilines is 1. The molecule has 7 heteroatoms. The topological polar surface area (TPSA) is 86.5 Å². The van der Waals surface area contributed by atoms with E-state index in [4.69, 9.17) is 17.5 Å². The van der Waals surface area contributed by atoms with Gasteiger partial charge in [-0.25, -0.2) is 0 Å². The highest BCUT2D eigenvalue weighted by atomic mass is 32.1. The summed E-state index contributed by atoms with van der Waals surface area (Å²) in [5.74, 6) is 0.415. The summed E-state index contributed by atoms with van der Waals surface area (Å²) in [6, 6.07) is 17.2. The van der Waals surface area contributed by atoms with Crippen LogP contribution >= 0.6 is 12.2 Å². The van der Waals surface area contributed by atoms with Crippen molar-refractivity contribution in [3.63, 3.8) is 0 Å². The van der Waals surface area contributed by atoms with Crippen LogP contribution in [0.25, 0.3) is 11.4 Å². The van der Waals surface area contributed by atoms with Crippen LogP contribution in [0, 0.1) is 23.0 Å². The molecule has 3 aromatic rings. The zero-order chi connectivity index (χ0) is 18.5. The zero-order valence-corrected chi connectivity index (χ0v) is 15.0. The number of nitrogens with one attached hydrogen (secondary N) is 2. The third-order valence-electron chi connectivity index (χ3n) is 3.89. The number of carbonyl (C=O) groups is 1. The Balaban J connectivity index is 1.75. The number of hydrogen-bond donors (Lipinski definition) is 2. The molecule has 0 saturated carbocycles. The van der Waals surface area contributed by atoms with Crippen molar-refractivity contribution in [1.82, 2.24) is 14.8 Å². The Kier molecular flexibility index (Phi) is 5.25. The van der Waals surface area contributed by atoms with Crippen LogP contribution in [0.4, 0.5) is 5.69 Å². The van der Waals surface area contributed by atoms with Crippen molar-refractivity contribution in [3.8, 4) is 17.5 Å². The normalized spacial score (nSPS) is 10.3. The van der Waals surface area contributed by atoms with Gasteiger partial charge in [0.2, 0.25) is 5.91 Å². The predicted octanol–water partition coefficient (Wildman–Crippen LogP) is 3.62. The number of nitriles is 1. The van der Waals surface area contributed by atoms with E-state index in [0.717, 1.165) is 16.7 Å². The van der Waals surface area contributed by atoms with E-state index in [1.54, 1.807) is 16.7 Å². The van der Waals surface area contributed by atoms with E-state index in [2.05, 4.69) is 21.6 Å². The minimum absolute atomic E-state index is 0.0541. The van der Waals surface area contributed by atoms with Crippen molar-refractivity contribution in [2.75, 3.05) is 5.32 Å². The van der Waals surface area contributed by atoms with Crippen LogP contribution in [0.3, 0.4) is 0 Å². The lowest BCUT2D eigenvalue weighted by Crippen LogP contribution is -2.19. The molecule has 0 spiro atoms. The number of carbonyl (C=O) groups excluding carboxylic acids is 1. The van der Waals surface area contributed by atoms with Gasteiger partial charge in [0.15, 0.2) is 10.6 Å². The summed E-state index contributed by atoms with van der Waals surface area (Å²) < 4.78 is 2.06. The number of nitrogens with zero attached hydrogens (tertiary/aromatic N) is 3. The third-order valence-corrected chi connectivity index (χ3v) is 4.20. The van der Waals surface area contributed by atoms with Crippen molar-refractivity contribution < 1.29 is 4.79 Å². The largest absolute Gasteiger partial charge is 0.325 e. The first-order chi connectivity index (χ1) is 12.6. The summed E-state index contributed by atoms with van der Waals surface area (Å²) in [6.45, 7) is 2.06. The first kappa shape index (κ1) is 17.6. The summed E-state index contributed by atoms with van der Waals surface area (Å²) >= 11 is 5.26. The smallest absolute Gasteiger partial charge is 0.244 e. The molecular formula is C19H17N5OS. The molecule has 1 amide bonds. The number of amides is 1. The number of rotatable bonds is 5. The van der Waals surface area contributed by atoms with E-state index >= 15 is 0 Å². The second-order valence-electron chi connectivity index (χ2n) is 5.88. The fourth-order valence-corrected chi connectivity index (χ4v) is 2.73. The first-order valence-electron chi connectivity index (χ1n) is 8.05. The maximum Gasteiger partial charge on any atom is 0.244 e. The fourth-order valence-electron chi connectivity index (χ4n) is 2.53. The molecule has 2 aromatic carbocycles. The van der Waals surface area contributed by atoms with Gasteiger partial charge in [-0.1, -0.05) is 42.0 Å². The lowest BCUT2D eigenvalue weighted by atomic mass is 10.1. The average molecular weight is 363 g/mol. The Bertz CT molecular complexity index is 1010. The molecule has 0 bridgehead atoms. The Hall–Kier alpha value is -3.24. The second-order valence-corrected chi connectivity index (χ2v) is 6.27. The number of benzene rings is 2. The van der Waals surface area contributed by atoms with Crippen molar-refractivity contribution in [1.29, 1.82) is 5.26 Å². The van der Waals surface area contributed by atoms with Gasteiger partial charge < -0.3 is 5.32 Å². The van der Waals surface area contributed by atoms with Gasteiger partial charge in [-0.3, -0.25) is 14.5 Å². The van der Waals surface area contributed by atoms with Crippen molar-refractivity contribution >= 4 is 23.8 Å². The number of aromatic amines is 1. The Morgan fingerprint density at radius 2 is 1.92 bits per heavy atom. The van der Waals surface area contributed by atoms with Crippen LogP contribution in [-0.4, -0.2) is 20.7 Å². The van der Waals surface area contributed by atoms with Crippen LogP contribution in [-0.2, 0) is 17.8 Å². The molecule has 0 atom stereocenters. The molecule has 0 aliphatic carbocycles. The van der Waals surface area contributed by atoms with E-state index < -0.39 is 0 Å². The molecule has 0 fully saturated rings. The molecule has 0 radical (unpaired) electrons. The van der Waals surface area contributed by atoms with Gasteiger partial charge in [0.25, 0.3) is 0 Å². The summed E-state index contributed by atoms with van der Waals surface area (Å²) in [5, 5.41) is 18.5. The number of H-pyrrole nitrogens is 1. The predicted molar refractivity (Wildman–Crippen MR) is 102 cm³/mol. The highest BCUT2D eigenvalue weighted by Crippen LogP contribution is 2.18. The van der Waals surface area contributed by atoms with Crippen LogP contribution in [0.1, 0.15) is 11.1 Å². The van der Waals surface area contributed by atoms with E-state index in [-0.39, 0.29) is 12.5 Å². The quantitative estimate of drug-likeness (QED) is 0.678. The van der Waals surface area contributed by atoms with Crippen LogP contribution in [0.5, 0.6) is 0 Å². The molecule has 2 N–H and O–H groups in total. The van der Waals surface area contributed by atoms with Crippen molar-refractivity contribution in [2.45, 2.75) is 19.9 Å². The SMILES string of the molecule is Cc1ccc(-c2n[nH]c(=S)n2CC(=O)Nc2ccc(CC#N)cc2)cc1. The van der Waals surface area contributed by atoms with Gasteiger partial charge >= 0.3 is 0 Å². The number of hydrogen-bond acceptors (Lipinski definition) is 4. The number of aryl methyl sites for hydroxylation is 1. The van der Waals surface area contributed by atoms with Gasteiger partial charge in [-0.15, -0.1) is 0 Å². The first-order valence-corrected chi connectivity index (χ1v) is 8.45. The van der Waals surface area contributed by atoms with E-state index in [9.17, 15) is 4.79 Å². The minimum atomic E-state index is -0.205. The lowest BCUT2D eigenvalue weighted by Gasteiger charge is -2.09. The molecule has 1 heterocycles. The van der Waals surface area contributed by atoms with Crippen molar-refractivity contribution in [2.24, 2.45) is 0 Å². The Labute approximate surface area is 156 Å². The maximum atomic E-state index is 12.4. The van der Waals surface area contributed by atoms with Crippen LogP contribution < -0.4 is 5.32 Å². The molecule has 1 aromatic heterocycles. The molecule has 0 aliphatic rings. The van der Waals surface area contributed by atoms with Gasteiger partial charge in [-0.05, 0) is 36.8 Å². The highest BCUT2D eigenvalue weighted by Gasteiger charge is 2.12. The third kappa shape index (κ3) is 4.05. The molecule has 130 valence electrons. The number of aromatic nitrogens is 3. The van der Waals surface area contributed by atoms with Crippen molar-refractivity contribution in [3.05, 3.63) is 64.4 Å². The van der Waals surface area contributed by atoms with Gasteiger partial charge in [0.05, 0.1) is 12.5 Å². The molecule has 26 heavy (non-hydrogen) atoms. The van der Waals surface area contributed by atoms with Crippen LogP contribution in [0.15, 0.2) is 48.5 Å².